The van der Waals surface area contributed by atoms with Crippen molar-refractivity contribution >= 4 is 5.69 Å². The van der Waals surface area contributed by atoms with E-state index in [0.717, 1.165) is 17.1 Å². The van der Waals surface area contributed by atoms with Crippen LogP contribution in [0, 0.1) is 6.92 Å². The highest BCUT2D eigenvalue weighted by Gasteiger charge is 2.00. The fourth-order valence-corrected chi connectivity index (χ4v) is 1.56. The van der Waals surface area contributed by atoms with Crippen molar-refractivity contribution in [3.8, 4) is 11.6 Å². The van der Waals surface area contributed by atoms with Crippen LogP contribution in [0.5, 0.6) is 11.6 Å². The first kappa shape index (κ1) is 12.4. The van der Waals surface area contributed by atoms with Gasteiger partial charge in [-0.05, 0) is 45.0 Å². The molecule has 18 heavy (non-hydrogen) atoms. The zero-order chi connectivity index (χ0) is 13.0. The molecule has 2 rings (SSSR count). The van der Waals surface area contributed by atoms with E-state index >= 15 is 0 Å². The van der Waals surface area contributed by atoms with E-state index in [-0.39, 0.29) is 0 Å². The van der Waals surface area contributed by atoms with Gasteiger partial charge in [-0.3, -0.25) is 0 Å². The lowest BCUT2D eigenvalue weighted by Crippen LogP contribution is -2.09. The molecule has 0 amide bonds. The minimum absolute atomic E-state index is 0.418. The van der Waals surface area contributed by atoms with Gasteiger partial charge in [-0.25, -0.2) is 9.97 Å². The molecule has 1 aromatic heterocycles. The zero-order valence-electron chi connectivity index (χ0n) is 10.8. The number of hydrogen-bond acceptors (Lipinski definition) is 4. The van der Waals surface area contributed by atoms with Crippen LogP contribution in [0.1, 0.15) is 19.5 Å². The molecule has 0 radical (unpaired) electrons. The van der Waals surface area contributed by atoms with Crippen LogP contribution in [0.2, 0.25) is 0 Å². The van der Waals surface area contributed by atoms with Gasteiger partial charge in [-0.1, -0.05) is 0 Å². The lowest BCUT2D eigenvalue weighted by Gasteiger charge is -2.10. The van der Waals surface area contributed by atoms with Gasteiger partial charge in [0.25, 0.3) is 0 Å². The standard InChI is InChI=1S/C14H17N3O/c1-10(2)17-12-4-6-13(7-5-12)18-14-8-11(3)15-9-16-14/h4-10,17H,1-3H3. The summed E-state index contributed by atoms with van der Waals surface area (Å²) in [6, 6.07) is 10.0. The van der Waals surface area contributed by atoms with E-state index in [4.69, 9.17) is 4.74 Å². The smallest absolute Gasteiger partial charge is 0.222 e. The Morgan fingerprint density at radius 2 is 1.83 bits per heavy atom. The van der Waals surface area contributed by atoms with Crippen LogP contribution in [0.3, 0.4) is 0 Å². The Labute approximate surface area is 107 Å². The van der Waals surface area contributed by atoms with E-state index in [1.54, 1.807) is 6.07 Å². The predicted molar refractivity (Wildman–Crippen MR) is 72.0 cm³/mol. The topological polar surface area (TPSA) is 47.0 Å². The summed E-state index contributed by atoms with van der Waals surface area (Å²) in [5.41, 5.74) is 1.97. The number of ether oxygens (including phenoxy) is 1. The van der Waals surface area contributed by atoms with Crippen molar-refractivity contribution in [2.75, 3.05) is 5.32 Å². The molecule has 2 aromatic rings. The molecule has 1 N–H and O–H groups in total. The van der Waals surface area contributed by atoms with E-state index in [0.29, 0.717) is 11.9 Å². The van der Waals surface area contributed by atoms with E-state index in [2.05, 4.69) is 29.1 Å². The van der Waals surface area contributed by atoms with Gasteiger partial charge in [0.1, 0.15) is 12.1 Å². The lowest BCUT2D eigenvalue weighted by molar-refractivity contribution is 0.461. The highest BCUT2D eigenvalue weighted by molar-refractivity contribution is 5.47. The maximum Gasteiger partial charge on any atom is 0.222 e. The number of aromatic nitrogens is 2. The van der Waals surface area contributed by atoms with Crippen LogP contribution < -0.4 is 10.1 Å². The molecule has 4 nitrogen and oxygen atoms in total. The maximum atomic E-state index is 5.64. The molecule has 1 heterocycles. The molecule has 94 valence electrons. The maximum absolute atomic E-state index is 5.64. The van der Waals surface area contributed by atoms with Gasteiger partial charge < -0.3 is 10.1 Å². The van der Waals surface area contributed by atoms with Gasteiger partial charge in [0, 0.05) is 23.5 Å². The molecule has 0 aliphatic heterocycles. The first-order chi connectivity index (χ1) is 8.63. The number of rotatable bonds is 4. The average Bonchev–Trinajstić information content (AvgIpc) is 2.31. The Kier molecular flexibility index (Phi) is 3.77. The summed E-state index contributed by atoms with van der Waals surface area (Å²) in [6.45, 7) is 6.12. The summed E-state index contributed by atoms with van der Waals surface area (Å²) in [4.78, 5) is 8.08. The highest BCUT2D eigenvalue weighted by Crippen LogP contribution is 2.21. The van der Waals surface area contributed by atoms with Gasteiger partial charge in [-0.2, -0.15) is 0 Å². The summed E-state index contributed by atoms with van der Waals surface area (Å²) in [5, 5.41) is 3.32. The number of benzene rings is 1. The molecule has 0 spiro atoms. The number of nitrogens with zero attached hydrogens (tertiary/aromatic N) is 2. The van der Waals surface area contributed by atoms with Gasteiger partial charge >= 0.3 is 0 Å². The van der Waals surface area contributed by atoms with Gasteiger partial charge in [0.05, 0.1) is 0 Å². The summed E-state index contributed by atoms with van der Waals surface area (Å²) in [5.74, 6) is 1.33. The number of nitrogens with one attached hydrogen (secondary N) is 1. The van der Waals surface area contributed by atoms with Crippen molar-refractivity contribution < 1.29 is 4.74 Å². The molecule has 4 heteroatoms. The second-order valence-corrected chi connectivity index (χ2v) is 4.42. The van der Waals surface area contributed by atoms with Crippen molar-refractivity contribution in [1.82, 2.24) is 9.97 Å². The second kappa shape index (κ2) is 5.49. The van der Waals surface area contributed by atoms with E-state index in [9.17, 15) is 0 Å². The third-order valence-electron chi connectivity index (χ3n) is 2.31. The molecular weight excluding hydrogens is 226 g/mol. The normalized spacial score (nSPS) is 10.4. The lowest BCUT2D eigenvalue weighted by atomic mass is 10.2. The van der Waals surface area contributed by atoms with Crippen molar-refractivity contribution in [3.63, 3.8) is 0 Å². The fourth-order valence-electron chi connectivity index (χ4n) is 1.56. The van der Waals surface area contributed by atoms with E-state index in [1.807, 2.05) is 31.2 Å². The number of aryl methyl sites for hydroxylation is 1. The summed E-state index contributed by atoms with van der Waals surface area (Å²) < 4.78 is 5.64. The van der Waals surface area contributed by atoms with E-state index < -0.39 is 0 Å². The molecule has 0 saturated carbocycles. The van der Waals surface area contributed by atoms with E-state index in [1.165, 1.54) is 6.33 Å². The number of hydrogen-bond donors (Lipinski definition) is 1. The third kappa shape index (κ3) is 3.45. The van der Waals surface area contributed by atoms with Gasteiger partial charge in [0.15, 0.2) is 0 Å². The van der Waals surface area contributed by atoms with Crippen molar-refractivity contribution in [2.45, 2.75) is 26.8 Å². The summed E-state index contributed by atoms with van der Waals surface area (Å²) >= 11 is 0. The number of anilines is 1. The average molecular weight is 243 g/mol. The molecule has 0 saturated heterocycles. The zero-order valence-corrected chi connectivity index (χ0v) is 10.8. The molecule has 0 fully saturated rings. The van der Waals surface area contributed by atoms with Crippen molar-refractivity contribution in [1.29, 1.82) is 0 Å². The Morgan fingerprint density at radius 3 is 2.44 bits per heavy atom. The summed E-state index contributed by atoms with van der Waals surface area (Å²) in [7, 11) is 0. The van der Waals surface area contributed by atoms with Crippen LogP contribution in [0.25, 0.3) is 0 Å². The molecule has 0 atom stereocenters. The van der Waals surface area contributed by atoms with Crippen LogP contribution in [0.15, 0.2) is 36.7 Å². The van der Waals surface area contributed by atoms with Crippen LogP contribution in [-0.2, 0) is 0 Å². The van der Waals surface area contributed by atoms with Crippen LogP contribution in [0.4, 0.5) is 5.69 Å². The minimum Gasteiger partial charge on any atom is -0.439 e. The third-order valence-corrected chi connectivity index (χ3v) is 2.31. The van der Waals surface area contributed by atoms with Crippen LogP contribution in [-0.4, -0.2) is 16.0 Å². The van der Waals surface area contributed by atoms with Crippen molar-refractivity contribution in [3.05, 3.63) is 42.4 Å². The monoisotopic (exact) mass is 243 g/mol. The van der Waals surface area contributed by atoms with Gasteiger partial charge in [-0.15, -0.1) is 0 Å². The quantitative estimate of drug-likeness (QED) is 0.894. The van der Waals surface area contributed by atoms with Crippen molar-refractivity contribution in [2.24, 2.45) is 0 Å². The molecule has 1 aromatic carbocycles. The Morgan fingerprint density at radius 1 is 1.11 bits per heavy atom. The first-order valence-electron chi connectivity index (χ1n) is 5.96. The predicted octanol–water partition coefficient (Wildman–Crippen LogP) is 3.40. The summed E-state index contributed by atoms with van der Waals surface area (Å²) in [6.07, 6.45) is 1.50. The molecular formula is C14H17N3O. The highest BCUT2D eigenvalue weighted by atomic mass is 16.5. The van der Waals surface area contributed by atoms with Gasteiger partial charge in [0.2, 0.25) is 5.88 Å². The Balaban J connectivity index is 2.06. The fraction of sp³-hybridized carbons (Fsp3) is 0.286. The first-order valence-corrected chi connectivity index (χ1v) is 5.96. The Bertz CT molecular complexity index is 509. The molecule has 0 bridgehead atoms. The second-order valence-electron chi connectivity index (χ2n) is 4.42. The largest absolute Gasteiger partial charge is 0.439 e. The SMILES string of the molecule is Cc1cc(Oc2ccc(NC(C)C)cc2)ncn1. The molecule has 0 unspecified atom stereocenters. The van der Waals surface area contributed by atoms with Crippen LogP contribution >= 0.6 is 0 Å². The molecule has 0 aliphatic carbocycles. The molecule has 0 aliphatic rings. The minimum atomic E-state index is 0.418. The Hall–Kier alpha value is -2.10.